The van der Waals surface area contributed by atoms with Crippen LogP contribution in [0.2, 0.25) is 0 Å². The molecule has 0 bridgehead atoms. The second-order valence-corrected chi connectivity index (χ2v) is 1.51. The van der Waals surface area contributed by atoms with Crippen LogP contribution in [0, 0.1) is 0 Å². The average Bonchev–Trinajstić information content (AvgIpc) is 2.16. The molecule has 8 heavy (non-hydrogen) atoms. The van der Waals surface area contributed by atoms with Crippen LogP contribution in [0.25, 0.3) is 0 Å². The summed E-state index contributed by atoms with van der Waals surface area (Å²) < 4.78 is 48.5. The molecule has 5 heteroatoms. The molecule has 1 rings (SSSR count). The molecule has 0 N–H and O–H groups in total. The summed E-state index contributed by atoms with van der Waals surface area (Å²) in [6.07, 6.45) is -4.84. The molecule has 1 aliphatic rings. The van der Waals surface area contributed by atoms with Crippen molar-refractivity contribution in [3.63, 3.8) is 0 Å². The van der Waals surface area contributed by atoms with E-state index >= 15 is 0 Å². The minimum Gasteiger partial charge on any atom is -0.331 e. The summed E-state index contributed by atoms with van der Waals surface area (Å²) in [5, 5.41) is 0. The smallest absolute Gasteiger partial charge is 0.331 e. The highest BCUT2D eigenvalue weighted by atomic mass is 19.4. The van der Waals surface area contributed by atoms with E-state index in [0.29, 0.717) is 0 Å². The number of alkyl halides is 4. The SMILES string of the molecule is FC(F)(F)[C@]1(F)CO1. The van der Waals surface area contributed by atoms with Gasteiger partial charge < -0.3 is 4.74 Å². The van der Waals surface area contributed by atoms with E-state index in [9.17, 15) is 17.6 Å². The van der Waals surface area contributed by atoms with Gasteiger partial charge in [-0.05, 0) is 0 Å². The van der Waals surface area contributed by atoms with Crippen LogP contribution in [0.3, 0.4) is 0 Å². The number of ether oxygens (including phenoxy) is 1. The Morgan fingerprint density at radius 3 is 1.75 bits per heavy atom. The van der Waals surface area contributed by atoms with Crippen LogP contribution < -0.4 is 0 Å². The minimum atomic E-state index is -4.84. The number of hydrogen-bond donors (Lipinski definition) is 0. The molecule has 1 saturated heterocycles. The Kier molecular flexibility index (Phi) is 0.836. The molecular formula is C3H2F4O. The van der Waals surface area contributed by atoms with Gasteiger partial charge in [0.15, 0.2) is 0 Å². The summed E-state index contributed by atoms with van der Waals surface area (Å²) in [5.41, 5.74) is 0. The normalized spacial score (nSPS) is 37.5. The van der Waals surface area contributed by atoms with Gasteiger partial charge in [-0.3, -0.25) is 0 Å². The third kappa shape index (κ3) is 0.665. The first-order valence-electron chi connectivity index (χ1n) is 1.85. The molecular weight excluding hydrogens is 128 g/mol. The minimum absolute atomic E-state index is 0.851. The molecule has 0 saturated carbocycles. The van der Waals surface area contributed by atoms with E-state index in [0.717, 1.165) is 0 Å². The third-order valence-corrected chi connectivity index (χ3v) is 0.821. The van der Waals surface area contributed by atoms with E-state index in [2.05, 4.69) is 4.74 Å². The van der Waals surface area contributed by atoms with Crippen molar-refractivity contribution in [3.8, 4) is 0 Å². The Bertz CT molecular complexity index is 99.1. The van der Waals surface area contributed by atoms with Crippen LogP contribution >= 0.6 is 0 Å². The van der Waals surface area contributed by atoms with E-state index in [1.165, 1.54) is 0 Å². The van der Waals surface area contributed by atoms with Gasteiger partial charge in [0.25, 0.3) is 0 Å². The first-order valence-corrected chi connectivity index (χ1v) is 1.85. The van der Waals surface area contributed by atoms with Gasteiger partial charge in [0.2, 0.25) is 0 Å². The van der Waals surface area contributed by atoms with E-state index in [1.54, 1.807) is 0 Å². The topological polar surface area (TPSA) is 12.5 Å². The first-order chi connectivity index (χ1) is 3.46. The molecule has 0 aromatic heterocycles. The molecule has 0 unspecified atom stereocenters. The molecule has 0 spiro atoms. The molecule has 1 aliphatic heterocycles. The summed E-state index contributed by atoms with van der Waals surface area (Å²) in [7, 11) is 0. The first kappa shape index (κ1) is 5.81. The lowest BCUT2D eigenvalue weighted by molar-refractivity contribution is -0.224. The second-order valence-electron chi connectivity index (χ2n) is 1.51. The lowest BCUT2D eigenvalue weighted by atomic mass is 10.4. The van der Waals surface area contributed by atoms with Crippen LogP contribution in [0.5, 0.6) is 0 Å². The fraction of sp³-hybridized carbons (Fsp3) is 1.00. The molecule has 1 nitrogen and oxygen atoms in total. The molecule has 0 aliphatic carbocycles. The van der Waals surface area contributed by atoms with Gasteiger partial charge in [-0.1, -0.05) is 0 Å². The molecule has 48 valence electrons. The molecule has 0 radical (unpaired) electrons. The van der Waals surface area contributed by atoms with E-state index in [4.69, 9.17) is 0 Å². The van der Waals surface area contributed by atoms with Gasteiger partial charge in [0.05, 0.1) is 0 Å². The van der Waals surface area contributed by atoms with Crippen molar-refractivity contribution < 1.29 is 22.3 Å². The Hall–Kier alpha value is -0.320. The summed E-state index contributed by atoms with van der Waals surface area (Å²) >= 11 is 0. The lowest BCUT2D eigenvalue weighted by Gasteiger charge is -2.04. The van der Waals surface area contributed by atoms with Crippen molar-refractivity contribution in [2.45, 2.75) is 12.0 Å². The Balaban J connectivity index is 2.58. The molecule has 0 aromatic carbocycles. The quantitative estimate of drug-likeness (QED) is 0.355. The molecule has 1 atom stereocenters. The van der Waals surface area contributed by atoms with Crippen molar-refractivity contribution in [2.24, 2.45) is 0 Å². The zero-order valence-electron chi connectivity index (χ0n) is 3.63. The number of hydrogen-bond acceptors (Lipinski definition) is 1. The maximum atomic E-state index is 11.7. The fourth-order valence-corrected chi connectivity index (χ4v) is 0.227. The van der Waals surface area contributed by atoms with Crippen LogP contribution in [0.15, 0.2) is 0 Å². The van der Waals surface area contributed by atoms with Crippen molar-refractivity contribution in [3.05, 3.63) is 0 Å². The maximum absolute atomic E-state index is 11.7. The standard InChI is InChI=1S/C3H2F4O/c4-2(1-8-2)3(5,6)7/h1H2/t2-/m0/s1. The molecule has 0 aromatic rings. The van der Waals surface area contributed by atoms with Gasteiger partial charge in [-0.15, -0.1) is 0 Å². The van der Waals surface area contributed by atoms with Crippen molar-refractivity contribution in [1.29, 1.82) is 0 Å². The molecule has 1 fully saturated rings. The van der Waals surface area contributed by atoms with Crippen molar-refractivity contribution >= 4 is 0 Å². The van der Waals surface area contributed by atoms with Crippen LogP contribution in [-0.2, 0) is 4.74 Å². The third-order valence-electron chi connectivity index (χ3n) is 0.821. The largest absolute Gasteiger partial charge is 0.450 e. The predicted molar refractivity (Wildman–Crippen MR) is 15.8 cm³/mol. The zero-order chi connectivity index (χ0) is 6.41. The zero-order valence-corrected chi connectivity index (χ0v) is 3.63. The summed E-state index contributed by atoms with van der Waals surface area (Å²) in [5.74, 6) is -3.31. The number of halogens is 4. The van der Waals surface area contributed by atoms with Gasteiger partial charge in [-0.2, -0.15) is 17.6 Å². The summed E-state index contributed by atoms with van der Waals surface area (Å²) in [6.45, 7) is -0.851. The van der Waals surface area contributed by atoms with Gasteiger partial charge in [0, 0.05) is 0 Å². The van der Waals surface area contributed by atoms with Gasteiger partial charge >= 0.3 is 12.0 Å². The highest BCUT2D eigenvalue weighted by Crippen LogP contribution is 2.44. The van der Waals surface area contributed by atoms with E-state index < -0.39 is 18.6 Å². The highest BCUT2D eigenvalue weighted by molar-refractivity contribution is 4.87. The van der Waals surface area contributed by atoms with Gasteiger partial charge in [0.1, 0.15) is 6.61 Å². The number of rotatable bonds is 0. The fourth-order valence-electron chi connectivity index (χ4n) is 0.227. The highest BCUT2D eigenvalue weighted by Gasteiger charge is 2.67. The van der Waals surface area contributed by atoms with E-state index in [-0.39, 0.29) is 0 Å². The van der Waals surface area contributed by atoms with E-state index in [1.807, 2.05) is 0 Å². The Morgan fingerprint density at radius 1 is 1.38 bits per heavy atom. The second kappa shape index (κ2) is 1.15. The summed E-state index contributed by atoms with van der Waals surface area (Å²) in [6, 6.07) is 0. The van der Waals surface area contributed by atoms with Crippen LogP contribution in [-0.4, -0.2) is 18.6 Å². The molecule has 0 amide bonds. The monoisotopic (exact) mass is 130 g/mol. The van der Waals surface area contributed by atoms with Crippen LogP contribution in [0.4, 0.5) is 17.6 Å². The van der Waals surface area contributed by atoms with Crippen molar-refractivity contribution in [2.75, 3.05) is 6.61 Å². The number of epoxide rings is 1. The van der Waals surface area contributed by atoms with Crippen LogP contribution in [0.1, 0.15) is 0 Å². The maximum Gasteiger partial charge on any atom is 0.450 e. The Morgan fingerprint density at radius 2 is 1.75 bits per heavy atom. The molecule has 1 heterocycles. The van der Waals surface area contributed by atoms with Crippen molar-refractivity contribution in [1.82, 2.24) is 0 Å². The predicted octanol–water partition coefficient (Wildman–Crippen LogP) is 1.24. The lowest BCUT2D eigenvalue weighted by Crippen LogP contribution is -2.27. The average molecular weight is 130 g/mol. The summed E-state index contributed by atoms with van der Waals surface area (Å²) in [4.78, 5) is 0. The van der Waals surface area contributed by atoms with Gasteiger partial charge in [-0.25, -0.2) is 0 Å². The Labute approximate surface area is 42.2 Å².